The number of hydrogen-bond donors (Lipinski definition) is 0. The number of rotatable bonds is 6. The molecule has 0 saturated heterocycles. The summed E-state index contributed by atoms with van der Waals surface area (Å²) < 4.78 is 0. The SMILES string of the molecule is [CH2]CCC(CCC)CCC.[MgH2]. The molecule has 0 N–H and O–H groups in total. The summed E-state index contributed by atoms with van der Waals surface area (Å²) in [6, 6.07) is 0. The molecule has 0 aliphatic heterocycles. The third kappa shape index (κ3) is 8.67. The Morgan fingerprint density at radius 1 is 1.00 bits per heavy atom. The standard InChI is InChI=1S/C10H21.Mg.2H/c1-4-7-10(8-5-2)9-6-3;;;/h10H,1,4-9H2,2-3H3;;;. The van der Waals surface area contributed by atoms with Gasteiger partial charge >= 0.3 is 23.1 Å². The lowest BCUT2D eigenvalue weighted by Gasteiger charge is -2.12. The molecule has 0 fully saturated rings. The molecule has 11 heavy (non-hydrogen) atoms. The summed E-state index contributed by atoms with van der Waals surface area (Å²) >= 11 is 0. The monoisotopic (exact) mass is 167 g/mol. The Kier molecular flexibility index (Phi) is 14.0. The van der Waals surface area contributed by atoms with Gasteiger partial charge in [0, 0.05) is 0 Å². The summed E-state index contributed by atoms with van der Waals surface area (Å²) in [6.07, 6.45) is 7.94. The summed E-state index contributed by atoms with van der Waals surface area (Å²) in [4.78, 5) is 0. The third-order valence-corrected chi connectivity index (χ3v) is 2.01. The fourth-order valence-corrected chi connectivity index (χ4v) is 1.54. The van der Waals surface area contributed by atoms with Crippen molar-refractivity contribution in [1.82, 2.24) is 0 Å². The summed E-state index contributed by atoms with van der Waals surface area (Å²) in [6.45, 7) is 8.43. The molecule has 0 bridgehead atoms. The highest BCUT2D eigenvalue weighted by molar-refractivity contribution is 5.75. The van der Waals surface area contributed by atoms with Gasteiger partial charge in [-0.15, -0.1) is 0 Å². The molecular formula is C10H23Mg. The van der Waals surface area contributed by atoms with Crippen LogP contribution in [0.5, 0.6) is 0 Å². The van der Waals surface area contributed by atoms with Crippen LogP contribution in [0.25, 0.3) is 0 Å². The van der Waals surface area contributed by atoms with E-state index >= 15 is 0 Å². The van der Waals surface area contributed by atoms with Crippen molar-refractivity contribution in [2.45, 2.75) is 52.4 Å². The average molecular weight is 168 g/mol. The molecule has 0 saturated carbocycles. The van der Waals surface area contributed by atoms with Crippen LogP contribution >= 0.6 is 0 Å². The summed E-state index contributed by atoms with van der Waals surface area (Å²) in [5.74, 6) is 0.965. The molecule has 0 aromatic carbocycles. The second kappa shape index (κ2) is 10.8. The van der Waals surface area contributed by atoms with Crippen LogP contribution in [0.15, 0.2) is 0 Å². The van der Waals surface area contributed by atoms with Crippen molar-refractivity contribution in [2.75, 3.05) is 0 Å². The molecular weight excluding hydrogens is 144 g/mol. The maximum Gasteiger partial charge on any atom is 0.316 e. The minimum absolute atomic E-state index is 0. The normalized spacial score (nSPS) is 9.82. The van der Waals surface area contributed by atoms with Gasteiger partial charge in [-0.25, -0.2) is 0 Å². The molecule has 0 unspecified atom stereocenters. The zero-order chi connectivity index (χ0) is 7.82. The first kappa shape index (κ1) is 14.3. The third-order valence-electron chi connectivity index (χ3n) is 2.01. The van der Waals surface area contributed by atoms with E-state index in [0.717, 1.165) is 12.3 Å². The van der Waals surface area contributed by atoms with Crippen LogP contribution < -0.4 is 0 Å². The second-order valence-electron chi connectivity index (χ2n) is 3.09. The van der Waals surface area contributed by atoms with Crippen molar-refractivity contribution in [2.24, 2.45) is 5.92 Å². The Labute approximate surface area is 88.3 Å². The fraction of sp³-hybridized carbons (Fsp3) is 0.900. The maximum absolute atomic E-state index is 3.89. The Hall–Kier alpha value is 0.766. The van der Waals surface area contributed by atoms with Crippen LogP contribution in [-0.4, -0.2) is 23.1 Å². The lowest BCUT2D eigenvalue weighted by molar-refractivity contribution is 0.414. The van der Waals surface area contributed by atoms with Gasteiger partial charge in [0.1, 0.15) is 0 Å². The maximum atomic E-state index is 3.89. The van der Waals surface area contributed by atoms with Crippen LogP contribution in [0.2, 0.25) is 0 Å². The van der Waals surface area contributed by atoms with E-state index in [1.165, 1.54) is 32.1 Å². The summed E-state index contributed by atoms with van der Waals surface area (Å²) in [7, 11) is 0. The van der Waals surface area contributed by atoms with Gasteiger partial charge in [0.2, 0.25) is 0 Å². The van der Waals surface area contributed by atoms with Crippen LogP contribution in [0.1, 0.15) is 52.4 Å². The van der Waals surface area contributed by atoms with Gasteiger partial charge in [0.25, 0.3) is 0 Å². The molecule has 0 spiro atoms. The van der Waals surface area contributed by atoms with E-state index < -0.39 is 0 Å². The summed E-state index contributed by atoms with van der Waals surface area (Å²) in [5, 5.41) is 0. The zero-order valence-electron chi connectivity index (χ0n) is 7.53. The van der Waals surface area contributed by atoms with E-state index in [2.05, 4.69) is 20.8 Å². The van der Waals surface area contributed by atoms with Crippen molar-refractivity contribution in [3.8, 4) is 0 Å². The van der Waals surface area contributed by atoms with E-state index in [9.17, 15) is 0 Å². The Morgan fingerprint density at radius 2 is 1.45 bits per heavy atom. The Balaban J connectivity index is 0. The van der Waals surface area contributed by atoms with E-state index in [-0.39, 0.29) is 23.1 Å². The molecule has 0 rings (SSSR count). The molecule has 0 heterocycles. The van der Waals surface area contributed by atoms with Gasteiger partial charge in [-0.2, -0.15) is 0 Å². The highest BCUT2D eigenvalue weighted by atomic mass is 24.3. The molecule has 0 atom stereocenters. The molecule has 0 aliphatic rings. The Bertz CT molecular complexity index is 47.6. The predicted molar refractivity (Wildman–Crippen MR) is 56.4 cm³/mol. The van der Waals surface area contributed by atoms with E-state index in [4.69, 9.17) is 0 Å². The van der Waals surface area contributed by atoms with Crippen molar-refractivity contribution in [3.63, 3.8) is 0 Å². The molecule has 0 nitrogen and oxygen atoms in total. The molecule has 65 valence electrons. The van der Waals surface area contributed by atoms with E-state index in [0.29, 0.717) is 0 Å². The average Bonchev–Trinajstić information content (AvgIpc) is 1.90. The lowest BCUT2D eigenvalue weighted by Crippen LogP contribution is -1.98. The molecule has 0 aromatic heterocycles. The van der Waals surface area contributed by atoms with Crippen molar-refractivity contribution in [3.05, 3.63) is 6.92 Å². The largest absolute Gasteiger partial charge is 0.316 e. The molecule has 1 heteroatoms. The fourth-order valence-electron chi connectivity index (χ4n) is 1.54. The zero-order valence-corrected chi connectivity index (χ0v) is 7.53. The van der Waals surface area contributed by atoms with Crippen LogP contribution in [0.4, 0.5) is 0 Å². The first-order valence-corrected chi connectivity index (χ1v) is 4.64. The molecule has 1 radical (unpaired) electrons. The highest BCUT2D eigenvalue weighted by Gasteiger charge is 2.03. The van der Waals surface area contributed by atoms with Crippen LogP contribution in [-0.2, 0) is 0 Å². The molecule has 0 aliphatic carbocycles. The van der Waals surface area contributed by atoms with Gasteiger partial charge in [-0.3, -0.25) is 0 Å². The van der Waals surface area contributed by atoms with Crippen molar-refractivity contribution < 1.29 is 0 Å². The van der Waals surface area contributed by atoms with Crippen LogP contribution in [0, 0.1) is 12.8 Å². The minimum atomic E-state index is 0. The van der Waals surface area contributed by atoms with E-state index in [1.807, 2.05) is 0 Å². The second-order valence-corrected chi connectivity index (χ2v) is 3.09. The Morgan fingerprint density at radius 3 is 1.73 bits per heavy atom. The van der Waals surface area contributed by atoms with Gasteiger partial charge in [-0.05, 0) is 5.92 Å². The topological polar surface area (TPSA) is 0 Å². The van der Waals surface area contributed by atoms with Gasteiger partial charge in [0.15, 0.2) is 0 Å². The smallest absolute Gasteiger partial charge is 0.0654 e. The van der Waals surface area contributed by atoms with Gasteiger partial charge in [0.05, 0.1) is 0 Å². The first-order valence-electron chi connectivity index (χ1n) is 4.64. The molecule has 0 aromatic rings. The van der Waals surface area contributed by atoms with Crippen LogP contribution in [0.3, 0.4) is 0 Å². The van der Waals surface area contributed by atoms with Gasteiger partial charge < -0.3 is 0 Å². The lowest BCUT2D eigenvalue weighted by atomic mass is 9.94. The van der Waals surface area contributed by atoms with Gasteiger partial charge in [-0.1, -0.05) is 59.3 Å². The van der Waals surface area contributed by atoms with Crippen molar-refractivity contribution in [1.29, 1.82) is 0 Å². The van der Waals surface area contributed by atoms with E-state index in [1.54, 1.807) is 0 Å². The number of hydrogen-bond acceptors (Lipinski definition) is 0. The summed E-state index contributed by atoms with van der Waals surface area (Å²) in [5.41, 5.74) is 0. The first-order chi connectivity index (χ1) is 4.85. The quantitative estimate of drug-likeness (QED) is 0.534. The highest BCUT2D eigenvalue weighted by Crippen LogP contribution is 2.18. The predicted octanol–water partition coefficient (Wildman–Crippen LogP) is 2.90. The van der Waals surface area contributed by atoms with Crippen molar-refractivity contribution >= 4 is 23.1 Å². The molecule has 0 amide bonds. The minimum Gasteiger partial charge on any atom is -0.0654 e.